The van der Waals surface area contributed by atoms with Crippen LogP contribution in [0.2, 0.25) is 0 Å². The fourth-order valence-corrected chi connectivity index (χ4v) is 7.72. The molecule has 3 saturated heterocycles. The quantitative estimate of drug-likeness (QED) is 0.197. The second-order valence-corrected chi connectivity index (χ2v) is 12.5. The maximum atomic E-state index is 17.0. The highest BCUT2D eigenvalue weighted by Crippen LogP contribution is 2.45. The van der Waals surface area contributed by atoms with Gasteiger partial charge in [-0.3, -0.25) is 4.90 Å². The molecule has 0 N–H and O–H groups in total. The number of ether oxygens (including phenoxy) is 4. The molecular weight excluding hydrogens is 599 g/mol. The molecule has 3 fully saturated rings. The van der Waals surface area contributed by atoms with E-state index in [1.807, 2.05) is 0 Å². The summed E-state index contributed by atoms with van der Waals surface area (Å²) in [5.74, 6) is 2.03. The van der Waals surface area contributed by atoms with E-state index >= 15 is 8.78 Å². The molecule has 238 valence electrons. The predicted molar refractivity (Wildman–Crippen MR) is 165 cm³/mol. The number of methoxy groups -OCH3 is 1. The summed E-state index contributed by atoms with van der Waals surface area (Å²) < 4.78 is 69.8. The number of terminal acetylenes is 1. The molecule has 0 bridgehead atoms. The van der Waals surface area contributed by atoms with Gasteiger partial charge in [-0.2, -0.15) is 9.97 Å². The van der Waals surface area contributed by atoms with Crippen molar-refractivity contribution in [3.63, 3.8) is 0 Å². The monoisotopic (exact) mass is 631 g/mol. The van der Waals surface area contributed by atoms with Gasteiger partial charge in [0, 0.05) is 37.6 Å². The Hall–Kier alpha value is -4.34. The van der Waals surface area contributed by atoms with Crippen LogP contribution in [0.4, 0.5) is 19.0 Å². The molecule has 4 aliphatic rings. The standard InChI is InChI=1S/C34H32F3N5O4/c1-3-23-25(36)8-7-19-12-22(46-18-43-2)13-24(26(19)23)29-28(37)30-27-31(42-11-4-6-21(42)16-44-32(27)38-29)40-33(39-30)45-17-34-9-5-10-41(34)15-20(35)14-34/h1,7-8,12-13,20-21H,4-6,9-11,14-18H2,2H3/t20-,21+,34+/m1/s1. The van der Waals surface area contributed by atoms with Gasteiger partial charge in [0.05, 0.1) is 17.1 Å². The third-order valence-electron chi connectivity index (χ3n) is 9.79. The van der Waals surface area contributed by atoms with Gasteiger partial charge in [0.1, 0.15) is 53.4 Å². The third kappa shape index (κ3) is 4.59. The minimum atomic E-state index is -0.918. The number of fused-ring (bicyclic) bond motifs is 4. The number of nitrogens with zero attached hydrogens (tertiary/aromatic N) is 5. The first-order chi connectivity index (χ1) is 22.4. The second-order valence-electron chi connectivity index (χ2n) is 12.5. The zero-order valence-corrected chi connectivity index (χ0v) is 25.3. The smallest absolute Gasteiger partial charge is 0.319 e. The summed E-state index contributed by atoms with van der Waals surface area (Å²) in [6.07, 6.45) is 8.80. The van der Waals surface area contributed by atoms with Crippen LogP contribution in [0.25, 0.3) is 32.9 Å². The number of rotatable bonds is 7. The molecule has 0 unspecified atom stereocenters. The summed E-state index contributed by atoms with van der Waals surface area (Å²) in [5, 5.41) is 1.16. The lowest BCUT2D eigenvalue weighted by Crippen LogP contribution is -2.43. The zero-order chi connectivity index (χ0) is 31.6. The molecule has 0 aliphatic carbocycles. The van der Waals surface area contributed by atoms with Crippen molar-refractivity contribution >= 4 is 27.5 Å². The number of benzene rings is 2. The van der Waals surface area contributed by atoms with Crippen LogP contribution < -0.4 is 19.1 Å². The van der Waals surface area contributed by atoms with E-state index in [-0.39, 0.29) is 53.7 Å². The molecule has 0 spiro atoms. The van der Waals surface area contributed by atoms with Crippen molar-refractivity contribution in [3.05, 3.63) is 41.5 Å². The van der Waals surface area contributed by atoms with Gasteiger partial charge in [0.25, 0.3) is 0 Å². The second kappa shape index (κ2) is 11.2. The number of pyridine rings is 1. The minimum Gasteiger partial charge on any atom is -0.475 e. The molecule has 0 radical (unpaired) electrons. The summed E-state index contributed by atoms with van der Waals surface area (Å²) >= 11 is 0. The normalized spacial score (nSPS) is 23.7. The van der Waals surface area contributed by atoms with Gasteiger partial charge in [-0.05, 0) is 55.8 Å². The van der Waals surface area contributed by atoms with Crippen LogP contribution in [0.1, 0.15) is 37.7 Å². The molecule has 6 heterocycles. The SMILES string of the molecule is C#Cc1c(F)ccc2cc(OCOC)cc(-c3nc4c5c(nc(OC[C@@]67CCCN6C[C@H](F)C7)nc5c3F)N3CCC[C@H]3CO4)c12. The number of halogens is 3. The first-order valence-corrected chi connectivity index (χ1v) is 15.6. The third-order valence-corrected chi connectivity index (χ3v) is 9.79. The molecule has 0 saturated carbocycles. The lowest BCUT2D eigenvalue weighted by molar-refractivity contribution is 0.0512. The predicted octanol–water partition coefficient (Wildman–Crippen LogP) is 5.40. The molecule has 2 aromatic heterocycles. The van der Waals surface area contributed by atoms with Crippen molar-refractivity contribution in [2.45, 2.75) is 49.9 Å². The van der Waals surface area contributed by atoms with Gasteiger partial charge in [-0.25, -0.2) is 18.2 Å². The first-order valence-electron chi connectivity index (χ1n) is 15.6. The number of aromatic nitrogens is 3. The Balaban J connectivity index is 1.32. The topological polar surface area (TPSA) is 82.1 Å². The average Bonchev–Trinajstić information content (AvgIpc) is 3.74. The van der Waals surface area contributed by atoms with Gasteiger partial charge in [0.15, 0.2) is 12.6 Å². The van der Waals surface area contributed by atoms with E-state index in [0.29, 0.717) is 53.8 Å². The van der Waals surface area contributed by atoms with Crippen LogP contribution in [-0.2, 0) is 4.74 Å². The van der Waals surface area contributed by atoms with Crippen LogP contribution in [0.3, 0.4) is 0 Å². The molecule has 0 amide bonds. The summed E-state index contributed by atoms with van der Waals surface area (Å²) in [5.41, 5.74) is -0.432. The molecule has 8 rings (SSSR count). The number of anilines is 1. The van der Waals surface area contributed by atoms with E-state index in [1.165, 1.54) is 13.2 Å². The fourth-order valence-electron chi connectivity index (χ4n) is 7.72. The maximum Gasteiger partial charge on any atom is 0.319 e. The number of hydrogen-bond acceptors (Lipinski definition) is 9. The van der Waals surface area contributed by atoms with Crippen molar-refractivity contribution in [2.75, 3.05) is 51.7 Å². The largest absolute Gasteiger partial charge is 0.475 e. The molecule has 46 heavy (non-hydrogen) atoms. The summed E-state index contributed by atoms with van der Waals surface area (Å²) in [4.78, 5) is 18.3. The highest BCUT2D eigenvalue weighted by atomic mass is 19.1. The van der Waals surface area contributed by atoms with Crippen LogP contribution >= 0.6 is 0 Å². The zero-order valence-electron chi connectivity index (χ0n) is 25.3. The highest BCUT2D eigenvalue weighted by Gasteiger charge is 2.49. The molecule has 9 nitrogen and oxygen atoms in total. The van der Waals surface area contributed by atoms with Crippen molar-refractivity contribution in [3.8, 4) is 41.2 Å². The van der Waals surface area contributed by atoms with Crippen molar-refractivity contribution < 1.29 is 32.1 Å². The van der Waals surface area contributed by atoms with Crippen molar-refractivity contribution in [1.82, 2.24) is 19.9 Å². The molecule has 3 atom stereocenters. The van der Waals surface area contributed by atoms with Crippen molar-refractivity contribution in [2.24, 2.45) is 0 Å². The Morgan fingerprint density at radius 1 is 1.11 bits per heavy atom. The Labute approximate surface area is 263 Å². The lowest BCUT2D eigenvalue weighted by atomic mass is 9.95. The number of hydrogen-bond donors (Lipinski definition) is 0. The summed E-state index contributed by atoms with van der Waals surface area (Å²) in [7, 11) is 1.48. The first kappa shape index (κ1) is 29.1. The molecule has 4 aromatic rings. The Bertz CT molecular complexity index is 1920. The maximum absolute atomic E-state index is 17.0. The van der Waals surface area contributed by atoms with E-state index in [0.717, 1.165) is 32.2 Å². The average molecular weight is 632 g/mol. The van der Waals surface area contributed by atoms with Gasteiger partial charge in [-0.1, -0.05) is 12.0 Å². The van der Waals surface area contributed by atoms with E-state index in [4.69, 9.17) is 30.4 Å². The van der Waals surface area contributed by atoms with Gasteiger partial charge in [-0.15, -0.1) is 6.42 Å². The van der Waals surface area contributed by atoms with Crippen LogP contribution in [-0.4, -0.2) is 84.4 Å². The summed E-state index contributed by atoms with van der Waals surface area (Å²) in [6, 6.07) is 6.06. The summed E-state index contributed by atoms with van der Waals surface area (Å²) in [6.45, 7) is 2.35. The molecule has 2 aromatic carbocycles. The van der Waals surface area contributed by atoms with Gasteiger partial charge < -0.3 is 23.8 Å². The van der Waals surface area contributed by atoms with Crippen molar-refractivity contribution in [1.29, 1.82) is 0 Å². The van der Waals surface area contributed by atoms with E-state index in [9.17, 15) is 4.39 Å². The fraction of sp³-hybridized carbons (Fsp3) is 0.441. The molecular formula is C34H32F3N5O4. The van der Waals surface area contributed by atoms with Crippen LogP contribution in [0.15, 0.2) is 24.3 Å². The van der Waals surface area contributed by atoms with E-state index in [2.05, 4.69) is 25.7 Å². The molecule has 12 heteroatoms. The number of alkyl halides is 1. The van der Waals surface area contributed by atoms with Crippen LogP contribution in [0.5, 0.6) is 17.6 Å². The molecule has 4 aliphatic heterocycles. The van der Waals surface area contributed by atoms with Crippen LogP contribution in [0, 0.1) is 24.0 Å². The Morgan fingerprint density at radius 3 is 2.85 bits per heavy atom. The minimum absolute atomic E-state index is 0.00187. The Morgan fingerprint density at radius 2 is 2.00 bits per heavy atom. The lowest BCUT2D eigenvalue weighted by Gasteiger charge is -2.31. The Kier molecular flexibility index (Phi) is 7.06. The van der Waals surface area contributed by atoms with Gasteiger partial charge in [0.2, 0.25) is 5.88 Å². The van der Waals surface area contributed by atoms with E-state index < -0.39 is 23.3 Å². The highest BCUT2D eigenvalue weighted by molar-refractivity contribution is 6.04. The van der Waals surface area contributed by atoms with Gasteiger partial charge >= 0.3 is 6.01 Å². The van der Waals surface area contributed by atoms with E-state index in [1.54, 1.807) is 18.2 Å².